The number of sulfonamides is 1. The van der Waals surface area contributed by atoms with Crippen LogP contribution in [-0.2, 0) is 27.8 Å². The van der Waals surface area contributed by atoms with Crippen LogP contribution in [0.5, 0.6) is 0 Å². The van der Waals surface area contributed by atoms with E-state index in [2.05, 4.69) is 10.0 Å². The van der Waals surface area contributed by atoms with E-state index in [1.54, 1.807) is 30.3 Å². The maximum Gasteiger partial charge on any atom is 0.269 e. The zero-order valence-electron chi connectivity index (χ0n) is 19.5. The van der Waals surface area contributed by atoms with Gasteiger partial charge in [-0.2, -0.15) is 0 Å². The van der Waals surface area contributed by atoms with Crippen LogP contribution in [0.25, 0.3) is 0 Å². The zero-order chi connectivity index (χ0) is 27.0. The zero-order valence-corrected chi connectivity index (χ0v) is 20.3. The number of aliphatic hydroxyl groups is 1. The van der Waals surface area contributed by atoms with Crippen molar-refractivity contribution < 1.29 is 32.0 Å². The predicted octanol–water partition coefficient (Wildman–Crippen LogP) is 3.08. The number of nitro groups is 1. The van der Waals surface area contributed by atoms with Gasteiger partial charge in [0.2, 0.25) is 15.9 Å². The first-order valence-electron chi connectivity index (χ1n) is 11.2. The highest BCUT2D eigenvalue weighted by molar-refractivity contribution is 7.89. The largest absolute Gasteiger partial charge is 0.392 e. The lowest BCUT2D eigenvalue weighted by atomic mass is 9.92. The van der Waals surface area contributed by atoms with Crippen LogP contribution in [0.3, 0.4) is 0 Å². The number of nitro benzene ring substituents is 1. The van der Waals surface area contributed by atoms with Gasteiger partial charge in [-0.05, 0) is 36.6 Å². The van der Waals surface area contributed by atoms with Crippen molar-refractivity contribution in [2.24, 2.45) is 5.92 Å². The first-order valence-corrected chi connectivity index (χ1v) is 12.7. The monoisotopic (exact) mass is 533 g/mol. The molecule has 1 amide bonds. The molecule has 0 saturated heterocycles. The van der Waals surface area contributed by atoms with Gasteiger partial charge in [-0.25, -0.2) is 21.9 Å². The van der Waals surface area contributed by atoms with Crippen molar-refractivity contribution in [3.8, 4) is 0 Å². The highest BCUT2D eigenvalue weighted by Crippen LogP contribution is 2.18. The van der Waals surface area contributed by atoms with Crippen molar-refractivity contribution in [1.29, 1.82) is 0 Å². The second kappa shape index (κ2) is 12.5. The van der Waals surface area contributed by atoms with Crippen molar-refractivity contribution in [3.63, 3.8) is 0 Å². The summed E-state index contributed by atoms with van der Waals surface area (Å²) in [6, 6.07) is 16.2. The highest BCUT2D eigenvalue weighted by Gasteiger charge is 2.24. The summed E-state index contributed by atoms with van der Waals surface area (Å²) in [6.07, 6.45) is -1.14. The van der Waals surface area contributed by atoms with E-state index in [-0.39, 0.29) is 35.5 Å². The lowest BCUT2D eigenvalue weighted by Gasteiger charge is -2.21. The molecule has 196 valence electrons. The number of nitrogens with zero attached hydrogens (tertiary/aromatic N) is 1. The number of amides is 1. The molecule has 0 aliphatic carbocycles. The molecule has 0 spiro atoms. The summed E-state index contributed by atoms with van der Waals surface area (Å²) in [5.74, 6) is -2.83. The average molecular weight is 534 g/mol. The van der Waals surface area contributed by atoms with E-state index in [1.807, 2.05) is 0 Å². The van der Waals surface area contributed by atoms with E-state index in [9.17, 15) is 37.2 Å². The Hall–Kier alpha value is -3.74. The molecule has 0 heterocycles. The molecule has 0 aliphatic heterocycles. The Bertz CT molecular complexity index is 1340. The Kier molecular flexibility index (Phi) is 9.39. The summed E-state index contributed by atoms with van der Waals surface area (Å²) in [6.45, 7) is -0.608. The number of carbonyl (C=O) groups is 1. The minimum atomic E-state index is -4.07. The van der Waals surface area contributed by atoms with Crippen LogP contribution in [0, 0.1) is 27.7 Å². The summed E-state index contributed by atoms with van der Waals surface area (Å²) >= 11 is 0. The molecule has 0 unspecified atom stereocenters. The summed E-state index contributed by atoms with van der Waals surface area (Å²) in [5.41, 5.74) is 0.619. The smallest absolute Gasteiger partial charge is 0.269 e. The molecule has 3 aromatic carbocycles. The maximum absolute atomic E-state index is 13.9. The second-order valence-corrected chi connectivity index (χ2v) is 10.1. The van der Waals surface area contributed by atoms with Crippen molar-refractivity contribution in [2.45, 2.75) is 30.4 Å². The standard InChI is InChI=1S/C25H25F2N3O6S/c26-20-7-6-18(24(27)14-20)15-28-25(32)19(12-17-4-2-1-3-5-17)13-22(31)16-29-37(35,36)23-10-8-21(9-11-23)30(33)34/h1-11,14,19,22,29,31H,12-13,15-16H2,(H,28,32)/t19-,22+/m1/s1. The highest BCUT2D eigenvalue weighted by atomic mass is 32.2. The third kappa shape index (κ3) is 8.13. The minimum Gasteiger partial charge on any atom is -0.392 e. The van der Waals surface area contributed by atoms with Crippen LogP contribution in [0.2, 0.25) is 0 Å². The summed E-state index contributed by atoms with van der Waals surface area (Å²) < 4.78 is 54.3. The molecule has 3 aromatic rings. The lowest BCUT2D eigenvalue weighted by Crippen LogP contribution is -2.38. The first kappa shape index (κ1) is 27.8. The lowest BCUT2D eigenvalue weighted by molar-refractivity contribution is -0.384. The number of halogens is 2. The molecular weight excluding hydrogens is 508 g/mol. The molecule has 2 atom stereocenters. The molecular formula is C25H25F2N3O6S. The topological polar surface area (TPSA) is 139 Å². The van der Waals surface area contributed by atoms with Gasteiger partial charge in [0.05, 0.1) is 15.9 Å². The fraction of sp³-hybridized carbons (Fsp3) is 0.240. The van der Waals surface area contributed by atoms with Gasteiger partial charge in [-0.1, -0.05) is 36.4 Å². The molecule has 0 radical (unpaired) electrons. The summed E-state index contributed by atoms with van der Waals surface area (Å²) in [4.78, 5) is 22.8. The normalized spacial score (nSPS) is 13.1. The number of non-ortho nitro benzene ring substituents is 1. The van der Waals surface area contributed by atoms with Crippen LogP contribution >= 0.6 is 0 Å². The van der Waals surface area contributed by atoms with Crippen molar-refractivity contribution in [2.75, 3.05) is 6.54 Å². The van der Waals surface area contributed by atoms with Crippen molar-refractivity contribution >= 4 is 21.6 Å². The van der Waals surface area contributed by atoms with Crippen molar-refractivity contribution in [3.05, 3.63) is 106 Å². The molecule has 37 heavy (non-hydrogen) atoms. The van der Waals surface area contributed by atoms with Gasteiger partial charge in [0.15, 0.2) is 0 Å². The number of aliphatic hydroxyl groups excluding tert-OH is 1. The Morgan fingerprint density at radius 3 is 2.32 bits per heavy atom. The van der Waals surface area contributed by atoms with E-state index < -0.39 is 51.1 Å². The molecule has 3 N–H and O–H groups in total. The van der Waals surface area contributed by atoms with Crippen molar-refractivity contribution in [1.82, 2.24) is 10.0 Å². The molecule has 0 bridgehead atoms. The molecule has 0 aliphatic rings. The quantitative estimate of drug-likeness (QED) is 0.242. The molecule has 3 rings (SSSR count). The number of nitrogens with one attached hydrogen (secondary N) is 2. The summed E-state index contributed by atoms with van der Waals surface area (Å²) in [7, 11) is -4.07. The van der Waals surface area contributed by atoms with Crippen LogP contribution in [-0.4, -0.2) is 37.0 Å². The van der Waals surface area contributed by atoms with Crippen LogP contribution in [0.4, 0.5) is 14.5 Å². The van der Waals surface area contributed by atoms with Crippen LogP contribution < -0.4 is 10.0 Å². The maximum atomic E-state index is 13.9. The Labute approximate surface area is 212 Å². The second-order valence-electron chi connectivity index (χ2n) is 8.33. The molecule has 0 saturated carbocycles. The number of hydrogen-bond acceptors (Lipinski definition) is 6. The third-order valence-corrected chi connectivity index (χ3v) is 7.03. The van der Waals surface area contributed by atoms with Crippen LogP contribution in [0.1, 0.15) is 17.5 Å². The SMILES string of the molecule is O=C(NCc1ccc(F)cc1F)[C@H](Cc1ccccc1)C[C@H](O)CNS(=O)(=O)c1ccc([N+](=O)[O-])cc1. The van der Waals surface area contributed by atoms with E-state index in [1.165, 1.54) is 6.07 Å². The Morgan fingerprint density at radius 2 is 1.70 bits per heavy atom. The molecule has 9 nitrogen and oxygen atoms in total. The minimum absolute atomic E-state index is 0.0876. The van der Waals surface area contributed by atoms with Gasteiger partial charge < -0.3 is 10.4 Å². The molecule has 12 heteroatoms. The predicted molar refractivity (Wildman–Crippen MR) is 131 cm³/mol. The Morgan fingerprint density at radius 1 is 1.03 bits per heavy atom. The van der Waals surface area contributed by atoms with Gasteiger partial charge in [-0.15, -0.1) is 0 Å². The number of carbonyl (C=O) groups excluding carboxylic acids is 1. The fourth-order valence-corrected chi connectivity index (χ4v) is 4.69. The van der Waals surface area contributed by atoms with Gasteiger partial charge in [0, 0.05) is 42.8 Å². The van der Waals surface area contributed by atoms with Gasteiger partial charge in [0.25, 0.3) is 5.69 Å². The molecule has 0 fully saturated rings. The van der Waals surface area contributed by atoms with E-state index in [4.69, 9.17) is 0 Å². The third-order valence-electron chi connectivity index (χ3n) is 5.59. The Balaban J connectivity index is 1.65. The van der Waals surface area contributed by atoms with E-state index in [0.29, 0.717) is 6.07 Å². The first-order chi connectivity index (χ1) is 17.5. The molecule has 0 aromatic heterocycles. The van der Waals surface area contributed by atoms with Gasteiger partial charge in [0.1, 0.15) is 11.6 Å². The van der Waals surface area contributed by atoms with E-state index in [0.717, 1.165) is 35.9 Å². The number of rotatable bonds is 12. The van der Waals surface area contributed by atoms with Crippen LogP contribution in [0.15, 0.2) is 77.7 Å². The fourth-order valence-electron chi connectivity index (χ4n) is 3.62. The number of benzene rings is 3. The van der Waals surface area contributed by atoms with E-state index >= 15 is 0 Å². The number of hydrogen-bond donors (Lipinski definition) is 3. The summed E-state index contributed by atoms with van der Waals surface area (Å²) in [5, 5.41) is 23.9. The average Bonchev–Trinajstić information content (AvgIpc) is 2.87. The van der Waals surface area contributed by atoms with Gasteiger partial charge >= 0.3 is 0 Å². The van der Waals surface area contributed by atoms with Gasteiger partial charge in [-0.3, -0.25) is 14.9 Å².